The Hall–Kier alpha value is -3.20. The first-order chi connectivity index (χ1) is 13.0. The van der Waals surface area contributed by atoms with Gasteiger partial charge in [-0.1, -0.05) is 12.6 Å². The second-order valence-corrected chi connectivity index (χ2v) is 5.55. The molecule has 0 aliphatic heterocycles. The van der Waals surface area contributed by atoms with Crippen LogP contribution in [0, 0.1) is 0 Å². The topological polar surface area (TPSA) is 89.8 Å². The zero-order chi connectivity index (χ0) is 19.8. The van der Waals surface area contributed by atoms with Crippen molar-refractivity contribution in [1.29, 1.82) is 0 Å². The Morgan fingerprint density at radius 1 is 1.37 bits per heavy atom. The van der Waals surface area contributed by atoms with Crippen molar-refractivity contribution in [2.24, 2.45) is 4.99 Å². The number of ether oxygens (including phenoxy) is 1. The highest BCUT2D eigenvalue weighted by atomic mass is 19.1. The minimum atomic E-state index is -1.02. The Morgan fingerprint density at radius 2 is 2.15 bits per heavy atom. The molecular weight excluding hydrogens is 353 g/mol. The molecular formula is C18H22FN5O3. The van der Waals surface area contributed by atoms with Crippen LogP contribution in [0.3, 0.4) is 0 Å². The van der Waals surface area contributed by atoms with E-state index in [9.17, 15) is 9.18 Å². The highest BCUT2D eigenvalue weighted by molar-refractivity contribution is 6.00. The third kappa shape index (κ3) is 5.38. The predicted octanol–water partition coefficient (Wildman–Crippen LogP) is 1.57. The second kappa shape index (κ2) is 9.48. The van der Waals surface area contributed by atoms with Gasteiger partial charge in [-0.25, -0.2) is 9.87 Å². The Balaban J connectivity index is 2.09. The molecule has 0 bridgehead atoms. The molecule has 2 N–H and O–H groups in total. The zero-order valence-electron chi connectivity index (χ0n) is 15.5. The number of hydrogen-bond acceptors (Lipinski definition) is 5. The lowest BCUT2D eigenvalue weighted by Gasteiger charge is -2.13. The monoisotopic (exact) mass is 375 g/mol. The van der Waals surface area contributed by atoms with E-state index in [0.29, 0.717) is 18.1 Å². The normalized spacial score (nSPS) is 11.2. The molecule has 27 heavy (non-hydrogen) atoms. The van der Waals surface area contributed by atoms with Gasteiger partial charge in [0.15, 0.2) is 11.7 Å². The minimum absolute atomic E-state index is 0.170. The number of methoxy groups -OCH3 is 1. The molecule has 1 aromatic carbocycles. The molecule has 8 nitrogen and oxygen atoms in total. The number of amidine groups is 1. The smallest absolute Gasteiger partial charge is 0.279 e. The third-order valence-electron chi connectivity index (χ3n) is 3.67. The molecule has 0 unspecified atom stereocenters. The van der Waals surface area contributed by atoms with Gasteiger partial charge in [0, 0.05) is 25.4 Å². The van der Waals surface area contributed by atoms with Gasteiger partial charge in [-0.2, -0.15) is 5.10 Å². The molecule has 0 aliphatic rings. The largest absolute Gasteiger partial charge is 0.496 e. The van der Waals surface area contributed by atoms with Crippen LogP contribution in [0.4, 0.5) is 4.39 Å². The predicted molar refractivity (Wildman–Crippen MR) is 99.0 cm³/mol. The maximum Gasteiger partial charge on any atom is 0.279 e. The van der Waals surface area contributed by atoms with Gasteiger partial charge >= 0.3 is 0 Å². The summed E-state index contributed by atoms with van der Waals surface area (Å²) in [4.78, 5) is 20.3. The number of benzene rings is 1. The van der Waals surface area contributed by atoms with E-state index in [1.165, 1.54) is 7.11 Å². The zero-order valence-corrected chi connectivity index (χ0v) is 15.5. The first-order valence-corrected chi connectivity index (χ1v) is 8.05. The van der Waals surface area contributed by atoms with Crippen molar-refractivity contribution in [3.05, 3.63) is 59.7 Å². The van der Waals surface area contributed by atoms with Crippen LogP contribution in [-0.2, 0) is 22.7 Å². The molecule has 9 heteroatoms. The Kier molecular flexibility index (Phi) is 7.07. The molecule has 0 saturated carbocycles. The number of amides is 1. The van der Waals surface area contributed by atoms with Gasteiger partial charge in [0.05, 0.1) is 32.5 Å². The molecule has 0 spiro atoms. The van der Waals surface area contributed by atoms with Crippen molar-refractivity contribution >= 4 is 11.7 Å². The van der Waals surface area contributed by atoms with E-state index < -0.39 is 11.7 Å². The number of nitrogens with one attached hydrogen (secondary N) is 2. The Bertz CT molecular complexity index is 847. The minimum Gasteiger partial charge on any atom is -0.496 e. The van der Waals surface area contributed by atoms with Gasteiger partial charge < -0.3 is 10.1 Å². The maximum absolute atomic E-state index is 12.7. The van der Waals surface area contributed by atoms with Crippen LogP contribution in [0.1, 0.15) is 16.7 Å². The fourth-order valence-electron chi connectivity index (χ4n) is 2.40. The van der Waals surface area contributed by atoms with Gasteiger partial charge in [0.2, 0.25) is 0 Å². The molecule has 2 rings (SSSR count). The number of rotatable bonds is 8. The lowest BCUT2D eigenvalue weighted by atomic mass is 10.1. The fraction of sp³-hybridized carbons (Fsp3) is 0.278. The summed E-state index contributed by atoms with van der Waals surface area (Å²) < 4.78 is 19.8. The van der Waals surface area contributed by atoms with E-state index in [2.05, 4.69) is 27.5 Å². The summed E-state index contributed by atoms with van der Waals surface area (Å²) in [5.41, 5.74) is 5.18. The summed E-state index contributed by atoms with van der Waals surface area (Å²) in [5, 5.41) is 6.66. The average molecular weight is 375 g/mol. The molecule has 0 saturated heterocycles. The first kappa shape index (κ1) is 20.1. The Morgan fingerprint density at radius 3 is 2.78 bits per heavy atom. The van der Waals surface area contributed by atoms with Crippen molar-refractivity contribution in [3.8, 4) is 5.75 Å². The van der Waals surface area contributed by atoms with E-state index in [1.807, 2.05) is 18.2 Å². The molecule has 0 radical (unpaired) electrons. The first-order valence-electron chi connectivity index (χ1n) is 8.05. The van der Waals surface area contributed by atoms with Crippen LogP contribution in [-0.4, -0.2) is 42.8 Å². The lowest BCUT2D eigenvalue weighted by Crippen LogP contribution is -2.23. The van der Waals surface area contributed by atoms with Crippen molar-refractivity contribution in [2.75, 3.05) is 21.3 Å². The lowest BCUT2D eigenvalue weighted by molar-refractivity contribution is -0.119. The molecule has 1 heterocycles. The van der Waals surface area contributed by atoms with Crippen LogP contribution in [0.5, 0.6) is 5.75 Å². The quantitative estimate of drug-likeness (QED) is 0.316. The van der Waals surface area contributed by atoms with Gasteiger partial charge in [0.1, 0.15) is 5.75 Å². The van der Waals surface area contributed by atoms with Crippen molar-refractivity contribution in [2.45, 2.75) is 13.1 Å². The number of aliphatic imine (C=N–C) groups is 1. The molecule has 0 atom stereocenters. The standard InChI is InChI=1S/C18H22FN5O3/c1-12(19)18(25)21-8-14-9-22-24(11-14)10-13-5-6-15(16(7-13)26-3)17(20-2)23-27-4/h5-7,9,11H,1,8,10H2,2-4H3,(H,20,23)(H,21,25). The van der Waals surface area contributed by atoms with Crippen LogP contribution < -0.4 is 15.5 Å². The van der Waals surface area contributed by atoms with Crippen LogP contribution >= 0.6 is 0 Å². The van der Waals surface area contributed by atoms with Crippen molar-refractivity contribution in [1.82, 2.24) is 20.6 Å². The van der Waals surface area contributed by atoms with E-state index >= 15 is 0 Å². The molecule has 144 valence electrons. The van der Waals surface area contributed by atoms with Gasteiger partial charge in [-0.3, -0.25) is 19.3 Å². The number of nitrogens with zero attached hydrogens (tertiary/aromatic N) is 3. The summed E-state index contributed by atoms with van der Waals surface area (Å²) >= 11 is 0. The maximum atomic E-state index is 12.7. The Labute approximate surface area is 156 Å². The summed E-state index contributed by atoms with van der Waals surface area (Å²) in [6, 6.07) is 5.69. The van der Waals surface area contributed by atoms with E-state index in [-0.39, 0.29) is 6.54 Å². The molecule has 1 aromatic heterocycles. The second-order valence-electron chi connectivity index (χ2n) is 5.55. The van der Waals surface area contributed by atoms with Crippen LogP contribution in [0.25, 0.3) is 0 Å². The number of aromatic nitrogens is 2. The van der Waals surface area contributed by atoms with Gasteiger partial charge in [-0.15, -0.1) is 0 Å². The highest BCUT2D eigenvalue weighted by Crippen LogP contribution is 2.21. The number of carbonyl (C=O) groups is 1. The summed E-state index contributed by atoms with van der Waals surface area (Å²) in [7, 11) is 4.74. The number of halogens is 1. The van der Waals surface area contributed by atoms with Gasteiger partial charge in [0.25, 0.3) is 5.91 Å². The van der Waals surface area contributed by atoms with Crippen LogP contribution in [0.15, 0.2) is 48.0 Å². The molecule has 0 fully saturated rings. The van der Waals surface area contributed by atoms with E-state index in [4.69, 9.17) is 9.57 Å². The summed E-state index contributed by atoms with van der Waals surface area (Å²) in [6.45, 7) is 3.62. The van der Waals surface area contributed by atoms with Crippen molar-refractivity contribution in [3.63, 3.8) is 0 Å². The molecule has 1 amide bonds. The summed E-state index contributed by atoms with van der Waals surface area (Å²) in [5.74, 6) is -0.667. The average Bonchev–Trinajstić information content (AvgIpc) is 3.11. The van der Waals surface area contributed by atoms with Crippen LogP contribution in [0.2, 0.25) is 0 Å². The van der Waals surface area contributed by atoms with E-state index in [1.54, 1.807) is 31.2 Å². The molecule has 2 aromatic rings. The van der Waals surface area contributed by atoms with Crippen molar-refractivity contribution < 1.29 is 18.8 Å². The summed E-state index contributed by atoms with van der Waals surface area (Å²) in [6.07, 6.45) is 3.38. The number of carbonyl (C=O) groups excluding carboxylic acids is 1. The number of hydroxylamine groups is 1. The highest BCUT2D eigenvalue weighted by Gasteiger charge is 2.11. The van der Waals surface area contributed by atoms with Gasteiger partial charge in [-0.05, 0) is 17.7 Å². The van der Waals surface area contributed by atoms with E-state index in [0.717, 1.165) is 16.7 Å². The SMILES string of the molecule is C=C(F)C(=O)NCc1cnn(Cc2ccc(C(=NC)NOC)c(OC)c2)c1. The fourth-order valence-corrected chi connectivity index (χ4v) is 2.40. The third-order valence-corrected chi connectivity index (χ3v) is 3.67. The number of hydrogen-bond donors (Lipinski definition) is 2. The molecule has 0 aliphatic carbocycles.